The molecule has 0 unspecified atom stereocenters. The highest BCUT2D eigenvalue weighted by molar-refractivity contribution is 8.00. The fourth-order valence-corrected chi connectivity index (χ4v) is 3.63. The van der Waals surface area contributed by atoms with Crippen LogP contribution >= 0.6 is 23.1 Å². The summed E-state index contributed by atoms with van der Waals surface area (Å²) < 4.78 is 25.9. The lowest BCUT2D eigenvalue weighted by Crippen LogP contribution is -2.33. The first-order valence-electron chi connectivity index (χ1n) is 7.35. The van der Waals surface area contributed by atoms with Gasteiger partial charge in [0.25, 0.3) is 0 Å². The molecule has 0 aliphatic rings. The van der Waals surface area contributed by atoms with E-state index in [-0.39, 0.29) is 23.9 Å². The minimum atomic E-state index is -1.06. The lowest BCUT2D eigenvalue weighted by atomic mass is 10.3. The second-order valence-corrected chi connectivity index (χ2v) is 6.92. The van der Waals surface area contributed by atoms with Gasteiger partial charge in [0, 0.05) is 17.1 Å². The molecule has 2 N–H and O–H groups in total. The molecule has 0 saturated heterocycles. The van der Waals surface area contributed by atoms with Crippen LogP contribution in [-0.2, 0) is 9.59 Å². The van der Waals surface area contributed by atoms with Crippen molar-refractivity contribution in [3.63, 3.8) is 0 Å². The van der Waals surface area contributed by atoms with E-state index < -0.39 is 17.5 Å². The number of halogens is 2. The molecule has 26 heavy (non-hydrogen) atoms. The first-order valence-corrected chi connectivity index (χ1v) is 9.22. The second kappa shape index (κ2) is 8.19. The zero-order chi connectivity index (χ0) is 18.5. The summed E-state index contributed by atoms with van der Waals surface area (Å²) in [4.78, 5) is 32.8. The number of benzene rings is 1. The van der Waals surface area contributed by atoms with Crippen LogP contribution in [-0.4, -0.2) is 34.1 Å². The largest absolute Gasteiger partial charge is 0.346 e. The van der Waals surface area contributed by atoms with Gasteiger partial charge in [-0.25, -0.2) is 18.7 Å². The summed E-state index contributed by atoms with van der Waals surface area (Å²) >= 11 is 2.73. The number of hydrogen-bond acceptors (Lipinski definition) is 6. The molecule has 2 amide bonds. The van der Waals surface area contributed by atoms with Crippen molar-refractivity contribution in [3.8, 4) is 0 Å². The molecular formula is C16H12F2N4O2S2. The molecule has 3 aromatic rings. The van der Waals surface area contributed by atoms with Crippen molar-refractivity contribution in [1.29, 1.82) is 0 Å². The number of thiophene rings is 1. The molecule has 2 aromatic heterocycles. The summed E-state index contributed by atoms with van der Waals surface area (Å²) in [6, 6.07) is 4.89. The Morgan fingerprint density at radius 2 is 1.96 bits per heavy atom. The van der Waals surface area contributed by atoms with Crippen molar-refractivity contribution >= 4 is 50.8 Å². The van der Waals surface area contributed by atoms with Crippen molar-refractivity contribution < 1.29 is 18.4 Å². The number of thioether (sulfide) groups is 1. The summed E-state index contributed by atoms with van der Waals surface area (Å²) in [5, 5.41) is 8.30. The van der Waals surface area contributed by atoms with E-state index in [1.165, 1.54) is 35.5 Å². The fraction of sp³-hybridized carbons (Fsp3) is 0.125. The van der Waals surface area contributed by atoms with Crippen LogP contribution < -0.4 is 10.6 Å². The van der Waals surface area contributed by atoms with Crippen LogP contribution in [0.25, 0.3) is 10.2 Å². The van der Waals surface area contributed by atoms with Crippen LogP contribution in [0.3, 0.4) is 0 Å². The Labute approximate surface area is 155 Å². The lowest BCUT2D eigenvalue weighted by Gasteiger charge is -2.07. The topological polar surface area (TPSA) is 84.0 Å². The van der Waals surface area contributed by atoms with Gasteiger partial charge in [0.1, 0.15) is 16.2 Å². The molecule has 2 heterocycles. The Bertz CT molecular complexity index is 964. The molecule has 0 saturated carbocycles. The van der Waals surface area contributed by atoms with Crippen molar-refractivity contribution in [1.82, 2.24) is 15.3 Å². The first kappa shape index (κ1) is 18.2. The Hall–Kier alpha value is -2.59. The molecule has 0 radical (unpaired) electrons. The second-order valence-electron chi connectivity index (χ2n) is 5.06. The molecule has 0 aliphatic heterocycles. The van der Waals surface area contributed by atoms with Gasteiger partial charge in [-0.1, -0.05) is 11.8 Å². The van der Waals surface area contributed by atoms with Crippen LogP contribution in [0.15, 0.2) is 41.0 Å². The first-order chi connectivity index (χ1) is 12.5. The molecule has 0 bridgehead atoms. The van der Waals surface area contributed by atoms with Gasteiger partial charge in [0.05, 0.1) is 12.3 Å². The monoisotopic (exact) mass is 394 g/mol. The van der Waals surface area contributed by atoms with Crippen molar-refractivity contribution in [2.75, 3.05) is 17.6 Å². The van der Waals surface area contributed by atoms with E-state index in [0.717, 1.165) is 22.3 Å². The average Bonchev–Trinajstić information content (AvgIpc) is 3.10. The van der Waals surface area contributed by atoms with Gasteiger partial charge >= 0.3 is 0 Å². The highest BCUT2D eigenvalue weighted by Gasteiger charge is 2.11. The number of carbonyl (C=O) groups is 2. The molecule has 10 heteroatoms. The number of fused-ring (bicyclic) bond motifs is 1. The molecule has 0 atom stereocenters. The highest BCUT2D eigenvalue weighted by atomic mass is 32.2. The smallest absolute Gasteiger partial charge is 0.243 e. The molecule has 1 aromatic carbocycles. The summed E-state index contributed by atoms with van der Waals surface area (Å²) in [6.07, 6.45) is 1.44. The number of aromatic nitrogens is 2. The predicted molar refractivity (Wildman–Crippen MR) is 96.1 cm³/mol. The number of rotatable bonds is 6. The number of nitrogens with zero attached hydrogens (tertiary/aromatic N) is 2. The zero-order valence-electron chi connectivity index (χ0n) is 13.2. The summed E-state index contributed by atoms with van der Waals surface area (Å²) in [7, 11) is 0. The number of amides is 2. The Kier molecular flexibility index (Phi) is 5.74. The summed E-state index contributed by atoms with van der Waals surface area (Å²) in [5.74, 6) is -2.87. The van der Waals surface area contributed by atoms with Crippen LogP contribution in [0.2, 0.25) is 0 Å². The van der Waals surface area contributed by atoms with Crippen LogP contribution in [0.1, 0.15) is 0 Å². The fourth-order valence-electron chi connectivity index (χ4n) is 2.03. The van der Waals surface area contributed by atoms with Gasteiger partial charge in [0.2, 0.25) is 11.8 Å². The van der Waals surface area contributed by atoms with E-state index >= 15 is 0 Å². The third-order valence-electron chi connectivity index (χ3n) is 3.21. The SMILES string of the molecule is O=C(CSc1ncnc2sccc12)NCC(=O)Nc1ccc(F)c(F)c1. The van der Waals surface area contributed by atoms with Gasteiger partial charge in [-0.15, -0.1) is 11.3 Å². The van der Waals surface area contributed by atoms with E-state index in [4.69, 9.17) is 0 Å². The molecule has 0 aliphatic carbocycles. The molecule has 3 rings (SSSR count). The van der Waals surface area contributed by atoms with Gasteiger partial charge in [-0.2, -0.15) is 0 Å². The number of carbonyl (C=O) groups excluding carboxylic acids is 2. The Morgan fingerprint density at radius 1 is 1.12 bits per heavy atom. The third kappa shape index (κ3) is 4.52. The van der Waals surface area contributed by atoms with Gasteiger partial charge in [-0.05, 0) is 23.6 Å². The zero-order valence-corrected chi connectivity index (χ0v) is 14.8. The molecule has 134 valence electrons. The minimum absolute atomic E-state index is 0.0837. The number of hydrogen-bond donors (Lipinski definition) is 2. The quantitative estimate of drug-likeness (QED) is 0.496. The van der Waals surface area contributed by atoms with Crippen LogP contribution in [0.5, 0.6) is 0 Å². The molecule has 0 spiro atoms. The number of anilines is 1. The standard InChI is InChI=1S/C16H12F2N4O2S2/c17-11-2-1-9(5-12(11)18)22-13(23)6-19-14(24)7-26-16-10-3-4-25-15(10)20-8-21-16/h1-5,8H,6-7H2,(H,19,24)(H,22,23). The Balaban J connectivity index is 1.47. The average molecular weight is 394 g/mol. The maximum Gasteiger partial charge on any atom is 0.243 e. The minimum Gasteiger partial charge on any atom is -0.346 e. The summed E-state index contributed by atoms with van der Waals surface area (Å²) in [6.45, 7) is -0.282. The molecule has 0 fully saturated rings. The van der Waals surface area contributed by atoms with Crippen molar-refractivity contribution in [3.05, 3.63) is 47.6 Å². The number of nitrogens with one attached hydrogen (secondary N) is 2. The molecule has 6 nitrogen and oxygen atoms in total. The molecular weight excluding hydrogens is 382 g/mol. The maximum atomic E-state index is 13.1. The van der Waals surface area contributed by atoms with Crippen LogP contribution in [0.4, 0.5) is 14.5 Å². The van der Waals surface area contributed by atoms with Crippen molar-refractivity contribution in [2.24, 2.45) is 0 Å². The van der Waals surface area contributed by atoms with Gasteiger partial charge in [-0.3, -0.25) is 9.59 Å². The van der Waals surface area contributed by atoms with E-state index in [9.17, 15) is 18.4 Å². The van der Waals surface area contributed by atoms with E-state index in [0.29, 0.717) is 5.03 Å². The lowest BCUT2D eigenvalue weighted by molar-refractivity contribution is -0.122. The van der Waals surface area contributed by atoms with E-state index in [1.807, 2.05) is 11.4 Å². The van der Waals surface area contributed by atoms with E-state index in [2.05, 4.69) is 20.6 Å². The normalized spacial score (nSPS) is 10.7. The van der Waals surface area contributed by atoms with Gasteiger partial charge in [0.15, 0.2) is 11.6 Å². The van der Waals surface area contributed by atoms with Crippen molar-refractivity contribution in [2.45, 2.75) is 5.03 Å². The van der Waals surface area contributed by atoms with E-state index in [1.54, 1.807) is 0 Å². The maximum absolute atomic E-state index is 13.1. The summed E-state index contributed by atoms with van der Waals surface area (Å²) in [5.41, 5.74) is 0.110. The predicted octanol–water partition coefficient (Wildman–Crippen LogP) is 2.82. The Morgan fingerprint density at radius 3 is 2.77 bits per heavy atom. The van der Waals surface area contributed by atoms with Crippen LogP contribution in [0, 0.1) is 11.6 Å². The van der Waals surface area contributed by atoms with Gasteiger partial charge < -0.3 is 10.6 Å². The third-order valence-corrected chi connectivity index (χ3v) is 5.04. The highest BCUT2D eigenvalue weighted by Crippen LogP contribution is 2.27.